The molecule has 1 unspecified atom stereocenters. The fraction of sp³-hybridized carbons (Fsp3) is 0.643. The van der Waals surface area contributed by atoms with Gasteiger partial charge in [-0.3, -0.25) is 4.79 Å². The summed E-state index contributed by atoms with van der Waals surface area (Å²) >= 11 is 1.52. The van der Waals surface area contributed by atoms with Gasteiger partial charge in [-0.05, 0) is 25.7 Å². The molecule has 1 atom stereocenters. The second-order valence-corrected chi connectivity index (χ2v) is 5.93. The summed E-state index contributed by atoms with van der Waals surface area (Å²) in [7, 11) is 0. The molecule has 0 spiro atoms. The molecule has 21 heavy (non-hydrogen) atoms. The highest BCUT2D eigenvalue weighted by atomic mass is 32.1. The van der Waals surface area contributed by atoms with Gasteiger partial charge in [0.25, 0.3) is 0 Å². The van der Waals surface area contributed by atoms with Crippen molar-refractivity contribution in [1.82, 2.24) is 15.6 Å². The number of nitrogens with one attached hydrogen (secondary N) is 2. The number of nitrogens with zero attached hydrogens (tertiary/aromatic N) is 1. The van der Waals surface area contributed by atoms with E-state index in [0.29, 0.717) is 25.4 Å². The first-order valence-electron chi connectivity index (χ1n) is 7.15. The molecule has 0 saturated carbocycles. The number of aliphatic carboxylic acids is 1. The number of hydrogen-bond donors (Lipinski definition) is 3. The number of carboxylic acids is 1. The van der Waals surface area contributed by atoms with Crippen LogP contribution in [0.2, 0.25) is 0 Å². The van der Waals surface area contributed by atoms with Crippen LogP contribution in [0.5, 0.6) is 0 Å². The van der Waals surface area contributed by atoms with E-state index in [1.165, 1.54) is 11.3 Å². The maximum absolute atomic E-state index is 11.6. The van der Waals surface area contributed by atoms with Gasteiger partial charge in [0.2, 0.25) is 0 Å². The van der Waals surface area contributed by atoms with E-state index < -0.39 is 5.97 Å². The summed E-state index contributed by atoms with van der Waals surface area (Å²) in [5.74, 6) is -0.430. The van der Waals surface area contributed by atoms with E-state index in [-0.39, 0.29) is 12.5 Å². The van der Waals surface area contributed by atoms with Crippen LogP contribution in [-0.2, 0) is 11.3 Å². The molecular formula is C14H23N3O3S. The molecule has 0 radical (unpaired) electrons. The lowest BCUT2D eigenvalue weighted by atomic mass is 9.97. The number of thiazole rings is 1. The van der Waals surface area contributed by atoms with Crippen molar-refractivity contribution in [2.24, 2.45) is 5.92 Å². The Balaban J connectivity index is 2.15. The molecule has 118 valence electrons. The normalized spacial score (nSPS) is 11.9. The summed E-state index contributed by atoms with van der Waals surface area (Å²) < 4.78 is 0. The highest BCUT2D eigenvalue weighted by molar-refractivity contribution is 7.09. The number of rotatable bonds is 9. The third-order valence-corrected chi connectivity index (χ3v) is 4.22. The topological polar surface area (TPSA) is 91.3 Å². The quantitative estimate of drug-likeness (QED) is 0.653. The van der Waals surface area contributed by atoms with Crippen molar-refractivity contribution in [3.8, 4) is 0 Å². The zero-order valence-electron chi connectivity index (χ0n) is 12.5. The molecule has 6 nitrogen and oxygen atoms in total. The van der Waals surface area contributed by atoms with Gasteiger partial charge in [0, 0.05) is 24.0 Å². The van der Waals surface area contributed by atoms with E-state index in [2.05, 4.69) is 15.6 Å². The van der Waals surface area contributed by atoms with Crippen molar-refractivity contribution < 1.29 is 14.7 Å². The molecule has 0 fully saturated rings. The van der Waals surface area contributed by atoms with Gasteiger partial charge in [-0.2, -0.15) is 0 Å². The summed E-state index contributed by atoms with van der Waals surface area (Å²) in [4.78, 5) is 26.4. The number of carbonyl (C=O) groups excluding carboxylic acids is 1. The van der Waals surface area contributed by atoms with Gasteiger partial charge in [-0.25, -0.2) is 9.78 Å². The molecule has 0 aliphatic carbocycles. The van der Waals surface area contributed by atoms with Crippen LogP contribution in [0, 0.1) is 12.8 Å². The van der Waals surface area contributed by atoms with Crippen molar-refractivity contribution in [3.05, 3.63) is 16.1 Å². The van der Waals surface area contributed by atoms with Crippen LogP contribution >= 0.6 is 11.3 Å². The average molecular weight is 313 g/mol. The maximum Gasteiger partial charge on any atom is 0.315 e. The number of amides is 2. The first-order chi connectivity index (χ1) is 10.0. The van der Waals surface area contributed by atoms with Crippen molar-refractivity contribution in [2.75, 3.05) is 6.54 Å². The molecule has 3 N–H and O–H groups in total. The minimum Gasteiger partial charge on any atom is -0.481 e. The second-order valence-electron chi connectivity index (χ2n) is 4.99. The van der Waals surface area contributed by atoms with Crippen LogP contribution < -0.4 is 10.6 Å². The van der Waals surface area contributed by atoms with E-state index >= 15 is 0 Å². The predicted octanol–water partition coefficient (Wildman–Crippen LogP) is 2.53. The molecule has 1 aromatic rings. The molecule has 1 rings (SSSR count). The Hall–Kier alpha value is -1.63. The Morgan fingerprint density at radius 2 is 2.14 bits per heavy atom. The molecule has 7 heteroatoms. The van der Waals surface area contributed by atoms with Gasteiger partial charge in [-0.15, -0.1) is 11.3 Å². The van der Waals surface area contributed by atoms with Crippen LogP contribution in [0.25, 0.3) is 0 Å². The number of aromatic nitrogens is 1. The van der Waals surface area contributed by atoms with Crippen molar-refractivity contribution >= 4 is 23.3 Å². The Morgan fingerprint density at radius 3 is 2.71 bits per heavy atom. The maximum atomic E-state index is 11.6. The van der Waals surface area contributed by atoms with Crippen molar-refractivity contribution in [2.45, 2.75) is 46.1 Å². The summed E-state index contributed by atoms with van der Waals surface area (Å²) in [5, 5.41) is 17.0. The highest BCUT2D eigenvalue weighted by Crippen LogP contribution is 2.14. The third kappa shape index (κ3) is 7.65. The van der Waals surface area contributed by atoms with Crippen LogP contribution in [-0.4, -0.2) is 28.6 Å². The van der Waals surface area contributed by atoms with Crippen LogP contribution in [0.15, 0.2) is 5.38 Å². The lowest BCUT2D eigenvalue weighted by molar-refractivity contribution is -0.137. The molecule has 0 aromatic carbocycles. The van der Waals surface area contributed by atoms with E-state index in [1.54, 1.807) is 0 Å². The SMILES string of the molecule is CCC(CCNC(=O)NCc1nc(C)cs1)CCC(=O)O. The largest absolute Gasteiger partial charge is 0.481 e. The van der Waals surface area contributed by atoms with Gasteiger partial charge >= 0.3 is 12.0 Å². The number of carboxylic acid groups (broad SMARTS) is 1. The zero-order chi connectivity index (χ0) is 15.7. The van der Waals surface area contributed by atoms with Crippen LogP contribution in [0.1, 0.15) is 43.3 Å². The number of carbonyl (C=O) groups is 2. The third-order valence-electron chi connectivity index (χ3n) is 3.25. The Labute approximate surface area is 129 Å². The minimum absolute atomic E-state index is 0.189. The molecule has 1 heterocycles. The van der Waals surface area contributed by atoms with E-state index in [1.807, 2.05) is 19.2 Å². The van der Waals surface area contributed by atoms with E-state index in [9.17, 15) is 9.59 Å². The number of urea groups is 1. The summed E-state index contributed by atoms with van der Waals surface area (Å²) in [6.45, 7) is 4.95. The smallest absolute Gasteiger partial charge is 0.315 e. The van der Waals surface area contributed by atoms with Crippen LogP contribution in [0.4, 0.5) is 4.79 Å². The van der Waals surface area contributed by atoms with Gasteiger partial charge in [-0.1, -0.05) is 13.3 Å². The fourth-order valence-corrected chi connectivity index (χ4v) is 2.68. The van der Waals surface area contributed by atoms with Crippen molar-refractivity contribution in [3.63, 3.8) is 0 Å². The lowest BCUT2D eigenvalue weighted by Gasteiger charge is -2.14. The second kappa shape index (κ2) is 9.33. The summed E-state index contributed by atoms with van der Waals surface area (Å²) in [6.07, 6.45) is 2.57. The van der Waals surface area contributed by atoms with Gasteiger partial charge in [0.15, 0.2) is 0 Å². The summed E-state index contributed by atoms with van der Waals surface area (Å²) in [5.41, 5.74) is 0.960. The van der Waals surface area contributed by atoms with Crippen LogP contribution in [0.3, 0.4) is 0 Å². The molecule has 2 amide bonds. The Morgan fingerprint density at radius 1 is 1.38 bits per heavy atom. The first kappa shape index (κ1) is 17.4. The van der Waals surface area contributed by atoms with Gasteiger partial charge in [0.1, 0.15) is 5.01 Å². The molecular weight excluding hydrogens is 290 g/mol. The number of aryl methyl sites for hydroxylation is 1. The van der Waals surface area contributed by atoms with Crippen molar-refractivity contribution in [1.29, 1.82) is 0 Å². The Kier molecular flexibility index (Phi) is 7.74. The first-order valence-corrected chi connectivity index (χ1v) is 8.03. The van der Waals surface area contributed by atoms with Gasteiger partial charge < -0.3 is 15.7 Å². The number of hydrogen-bond acceptors (Lipinski definition) is 4. The van der Waals surface area contributed by atoms with E-state index in [0.717, 1.165) is 23.5 Å². The summed E-state index contributed by atoms with van der Waals surface area (Å²) in [6, 6.07) is -0.212. The predicted molar refractivity (Wildman–Crippen MR) is 82.4 cm³/mol. The molecule has 0 bridgehead atoms. The van der Waals surface area contributed by atoms with E-state index in [4.69, 9.17) is 5.11 Å². The zero-order valence-corrected chi connectivity index (χ0v) is 13.3. The molecule has 0 aliphatic rings. The monoisotopic (exact) mass is 313 g/mol. The molecule has 0 saturated heterocycles. The Bertz CT molecular complexity index is 462. The fourth-order valence-electron chi connectivity index (χ4n) is 1.97. The lowest BCUT2D eigenvalue weighted by Crippen LogP contribution is -2.36. The molecule has 1 aromatic heterocycles. The average Bonchev–Trinajstić information content (AvgIpc) is 2.86. The van der Waals surface area contributed by atoms with Gasteiger partial charge in [0.05, 0.1) is 6.54 Å². The minimum atomic E-state index is -0.766. The standard InChI is InChI=1S/C14H23N3O3S/c1-3-11(4-5-13(18)19)6-7-15-14(20)16-8-12-17-10(2)9-21-12/h9,11H,3-8H2,1-2H3,(H,18,19)(H2,15,16,20). The molecule has 0 aliphatic heterocycles. The highest BCUT2D eigenvalue weighted by Gasteiger charge is 2.09.